The van der Waals surface area contributed by atoms with Crippen LogP contribution < -0.4 is 4.74 Å². The summed E-state index contributed by atoms with van der Waals surface area (Å²) in [5, 5.41) is 0. The van der Waals surface area contributed by atoms with E-state index in [0.717, 1.165) is 18.3 Å². The molecule has 1 fully saturated rings. The van der Waals surface area contributed by atoms with Gasteiger partial charge in [0.15, 0.2) is 0 Å². The summed E-state index contributed by atoms with van der Waals surface area (Å²) in [6.07, 6.45) is 7.44. The van der Waals surface area contributed by atoms with E-state index in [2.05, 4.69) is 13.8 Å². The highest BCUT2D eigenvalue weighted by Crippen LogP contribution is 2.22. The molecule has 1 nitrogen and oxygen atoms in total. The molecule has 0 heterocycles. The van der Waals surface area contributed by atoms with Crippen molar-refractivity contribution >= 4 is 0 Å². The highest BCUT2D eigenvalue weighted by Gasteiger charge is 2.05. The van der Waals surface area contributed by atoms with Crippen LogP contribution in [-0.2, 0) is 0 Å². The summed E-state index contributed by atoms with van der Waals surface area (Å²) in [7, 11) is 0. The fourth-order valence-electron chi connectivity index (χ4n) is 2.11. The monoisotopic (exact) mass is 234 g/mol. The molecule has 0 spiro atoms. The summed E-state index contributed by atoms with van der Waals surface area (Å²) in [5.74, 6) is 1.99. The second-order valence-electron chi connectivity index (χ2n) is 4.99. The van der Waals surface area contributed by atoms with E-state index in [9.17, 15) is 0 Å². The van der Waals surface area contributed by atoms with Gasteiger partial charge in [-0.05, 0) is 31.9 Å². The fraction of sp³-hybridized carbons (Fsp3) is 0.625. The molecule has 0 radical (unpaired) electrons. The van der Waals surface area contributed by atoms with Crippen LogP contribution in [0.15, 0.2) is 24.3 Å². The van der Waals surface area contributed by atoms with Crippen LogP contribution in [0.4, 0.5) is 0 Å². The first-order chi connectivity index (χ1) is 8.22. The van der Waals surface area contributed by atoms with Crippen LogP contribution in [0.25, 0.3) is 0 Å². The summed E-state index contributed by atoms with van der Waals surface area (Å²) in [6.45, 7) is 7.15. The van der Waals surface area contributed by atoms with E-state index in [1.165, 1.54) is 37.7 Å². The highest BCUT2D eigenvalue weighted by atomic mass is 16.5. The van der Waals surface area contributed by atoms with Gasteiger partial charge in [0.05, 0.1) is 6.61 Å². The third-order valence-electron chi connectivity index (χ3n) is 3.23. The molecule has 1 aromatic carbocycles. The Labute approximate surface area is 106 Å². The number of hydrogen-bond donors (Lipinski definition) is 0. The molecule has 1 saturated carbocycles. The SMILES string of the molecule is CC1CCCCC1.CCOc1ccc(C)cc1. The maximum atomic E-state index is 5.26. The molecule has 17 heavy (non-hydrogen) atoms. The molecular formula is C16H26O. The zero-order valence-corrected chi connectivity index (χ0v) is 11.5. The van der Waals surface area contributed by atoms with Crippen LogP contribution in [0.5, 0.6) is 5.75 Å². The predicted octanol–water partition coefficient (Wildman–Crippen LogP) is 4.98. The van der Waals surface area contributed by atoms with E-state index in [1.807, 2.05) is 31.2 Å². The van der Waals surface area contributed by atoms with Crippen molar-refractivity contribution in [3.05, 3.63) is 29.8 Å². The second-order valence-corrected chi connectivity index (χ2v) is 4.99. The minimum absolute atomic E-state index is 0.739. The first-order valence-electron chi connectivity index (χ1n) is 6.92. The average Bonchev–Trinajstić information content (AvgIpc) is 2.34. The van der Waals surface area contributed by atoms with E-state index >= 15 is 0 Å². The van der Waals surface area contributed by atoms with Gasteiger partial charge in [0.2, 0.25) is 0 Å². The minimum Gasteiger partial charge on any atom is -0.494 e. The average molecular weight is 234 g/mol. The van der Waals surface area contributed by atoms with Crippen molar-refractivity contribution in [2.45, 2.75) is 52.9 Å². The fourth-order valence-corrected chi connectivity index (χ4v) is 2.11. The summed E-state index contributed by atoms with van der Waals surface area (Å²) in [4.78, 5) is 0. The first-order valence-corrected chi connectivity index (χ1v) is 6.92. The molecule has 0 saturated heterocycles. The zero-order valence-electron chi connectivity index (χ0n) is 11.5. The molecular weight excluding hydrogens is 208 g/mol. The van der Waals surface area contributed by atoms with Crippen molar-refractivity contribution in [3.63, 3.8) is 0 Å². The summed E-state index contributed by atoms with van der Waals surface area (Å²) >= 11 is 0. The number of ether oxygens (including phenoxy) is 1. The van der Waals surface area contributed by atoms with Gasteiger partial charge in [-0.2, -0.15) is 0 Å². The van der Waals surface area contributed by atoms with E-state index in [0.29, 0.717) is 0 Å². The van der Waals surface area contributed by atoms with Crippen LogP contribution in [0.3, 0.4) is 0 Å². The Kier molecular flexibility index (Phi) is 6.76. The van der Waals surface area contributed by atoms with Crippen molar-refractivity contribution in [2.75, 3.05) is 6.61 Å². The zero-order chi connectivity index (χ0) is 12.5. The molecule has 0 atom stereocenters. The Bertz CT molecular complexity index is 283. The smallest absolute Gasteiger partial charge is 0.119 e. The van der Waals surface area contributed by atoms with Gasteiger partial charge in [-0.25, -0.2) is 0 Å². The van der Waals surface area contributed by atoms with Crippen molar-refractivity contribution in [2.24, 2.45) is 5.92 Å². The molecule has 96 valence electrons. The molecule has 0 aliphatic heterocycles. The Balaban J connectivity index is 0.000000181. The van der Waals surface area contributed by atoms with Gasteiger partial charge in [0.25, 0.3) is 0 Å². The van der Waals surface area contributed by atoms with Crippen molar-refractivity contribution < 1.29 is 4.74 Å². The molecule has 1 aliphatic rings. The van der Waals surface area contributed by atoms with Crippen LogP contribution in [0, 0.1) is 12.8 Å². The predicted molar refractivity (Wildman–Crippen MR) is 74.6 cm³/mol. The standard InChI is InChI=1S/C9H12O.C7H14/c1-3-10-9-6-4-8(2)5-7-9;1-7-5-3-2-4-6-7/h4-7H,3H2,1-2H3;7H,2-6H2,1H3. The van der Waals surface area contributed by atoms with E-state index < -0.39 is 0 Å². The topological polar surface area (TPSA) is 9.23 Å². The summed E-state index contributed by atoms with van der Waals surface area (Å²) < 4.78 is 5.26. The lowest BCUT2D eigenvalue weighted by molar-refractivity contribution is 0.340. The molecule has 2 rings (SSSR count). The number of rotatable bonds is 2. The lowest BCUT2D eigenvalue weighted by Gasteiger charge is -2.15. The van der Waals surface area contributed by atoms with E-state index in [1.54, 1.807) is 0 Å². The Morgan fingerprint density at radius 2 is 1.65 bits per heavy atom. The van der Waals surface area contributed by atoms with Crippen LogP contribution >= 0.6 is 0 Å². The minimum atomic E-state index is 0.739. The second kappa shape index (κ2) is 8.16. The first kappa shape index (κ1) is 14.1. The molecule has 0 N–H and O–H groups in total. The van der Waals surface area contributed by atoms with Crippen molar-refractivity contribution in [1.82, 2.24) is 0 Å². The van der Waals surface area contributed by atoms with Crippen LogP contribution in [-0.4, -0.2) is 6.61 Å². The lowest BCUT2D eigenvalue weighted by atomic mass is 9.91. The van der Waals surface area contributed by atoms with Gasteiger partial charge < -0.3 is 4.74 Å². The van der Waals surface area contributed by atoms with Gasteiger partial charge in [-0.1, -0.05) is 56.7 Å². The Morgan fingerprint density at radius 1 is 1.06 bits per heavy atom. The third-order valence-corrected chi connectivity index (χ3v) is 3.23. The summed E-state index contributed by atoms with van der Waals surface area (Å²) in [6, 6.07) is 8.06. The van der Waals surface area contributed by atoms with E-state index in [4.69, 9.17) is 4.74 Å². The van der Waals surface area contributed by atoms with Gasteiger partial charge >= 0.3 is 0 Å². The quantitative estimate of drug-likeness (QED) is 0.701. The molecule has 1 aliphatic carbocycles. The Hall–Kier alpha value is -0.980. The summed E-state index contributed by atoms with van der Waals surface area (Å²) in [5.41, 5.74) is 1.27. The van der Waals surface area contributed by atoms with Gasteiger partial charge in [0.1, 0.15) is 5.75 Å². The molecule has 0 bridgehead atoms. The van der Waals surface area contributed by atoms with E-state index in [-0.39, 0.29) is 0 Å². The maximum absolute atomic E-state index is 5.26. The van der Waals surface area contributed by atoms with Gasteiger partial charge in [0, 0.05) is 0 Å². The molecule has 0 unspecified atom stereocenters. The molecule has 1 heteroatoms. The number of benzene rings is 1. The van der Waals surface area contributed by atoms with Crippen molar-refractivity contribution in [3.8, 4) is 5.75 Å². The number of aryl methyl sites for hydroxylation is 1. The number of hydrogen-bond acceptors (Lipinski definition) is 1. The normalized spacial score (nSPS) is 15.9. The van der Waals surface area contributed by atoms with Gasteiger partial charge in [-0.15, -0.1) is 0 Å². The maximum Gasteiger partial charge on any atom is 0.119 e. The molecule has 0 aromatic heterocycles. The van der Waals surface area contributed by atoms with Crippen LogP contribution in [0.1, 0.15) is 51.5 Å². The van der Waals surface area contributed by atoms with Gasteiger partial charge in [-0.3, -0.25) is 0 Å². The third kappa shape index (κ3) is 6.35. The Morgan fingerprint density at radius 3 is 2.06 bits per heavy atom. The van der Waals surface area contributed by atoms with Crippen LogP contribution in [0.2, 0.25) is 0 Å². The highest BCUT2D eigenvalue weighted by molar-refractivity contribution is 5.26. The lowest BCUT2D eigenvalue weighted by Crippen LogP contribution is -1.99. The van der Waals surface area contributed by atoms with Crippen molar-refractivity contribution in [1.29, 1.82) is 0 Å². The largest absolute Gasteiger partial charge is 0.494 e. The molecule has 1 aromatic rings. The molecule has 0 amide bonds.